The number of hydrogen-bond acceptors (Lipinski definition) is 6. The largest absolute Gasteiger partial charge is 0.490 e. The molecule has 0 aromatic heterocycles. The summed E-state index contributed by atoms with van der Waals surface area (Å²) in [7, 11) is 1.35. The fraction of sp³-hybridized carbons (Fsp3) is 0.0588. The number of esters is 1. The molecule has 1 heterocycles. The SMILES string of the molecule is COc1ccc(/C=C2\N=C(c3cccc(Br)c3)OC2=O)cc1[N+](=O)[O-]. The first-order chi connectivity index (χ1) is 12.0. The molecule has 25 heavy (non-hydrogen) atoms. The third-order valence-corrected chi connectivity index (χ3v) is 3.89. The summed E-state index contributed by atoms with van der Waals surface area (Å²) < 4.78 is 11.0. The molecule has 8 heteroatoms. The van der Waals surface area contributed by atoms with Gasteiger partial charge >= 0.3 is 11.7 Å². The van der Waals surface area contributed by atoms with E-state index in [1.807, 2.05) is 6.07 Å². The lowest BCUT2D eigenvalue weighted by Crippen LogP contribution is -2.05. The van der Waals surface area contributed by atoms with Crippen molar-refractivity contribution in [2.75, 3.05) is 7.11 Å². The molecule has 0 fully saturated rings. The number of aliphatic imine (C=N–C) groups is 1. The molecule has 2 aromatic carbocycles. The van der Waals surface area contributed by atoms with Gasteiger partial charge in [0.15, 0.2) is 11.4 Å². The summed E-state index contributed by atoms with van der Waals surface area (Å²) in [5.74, 6) is -0.298. The second-order valence-electron chi connectivity index (χ2n) is 5.03. The molecule has 2 aromatic rings. The van der Waals surface area contributed by atoms with Crippen molar-refractivity contribution in [3.63, 3.8) is 0 Å². The van der Waals surface area contributed by atoms with Crippen LogP contribution in [0.1, 0.15) is 11.1 Å². The van der Waals surface area contributed by atoms with Crippen LogP contribution >= 0.6 is 15.9 Å². The highest BCUT2D eigenvalue weighted by atomic mass is 79.9. The van der Waals surface area contributed by atoms with Crippen LogP contribution in [0, 0.1) is 10.1 Å². The third-order valence-electron chi connectivity index (χ3n) is 3.40. The van der Waals surface area contributed by atoms with Crippen LogP contribution in [-0.4, -0.2) is 23.9 Å². The average Bonchev–Trinajstić information content (AvgIpc) is 2.95. The molecule has 0 aliphatic carbocycles. The number of carbonyl (C=O) groups is 1. The van der Waals surface area contributed by atoms with Crippen molar-refractivity contribution in [3.05, 3.63) is 73.9 Å². The summed E-state index contributed by atoms with van der Waals surface area (Å²) in [6.07, 6.45) is 1.43. The van der Waals surface area contributed by atoms with Gasteiger partial charge < -0.3 is 9.47 Å². The van der Waals surface area contributed by atoms with E-state index >= 15 is 0 Å². The summed E-state index contributed by atoms with van der Waals surface area (Å²) in [4.78, 5) is 26.7. The lowest BCUT2D eigenvalue weighted by Gasteiger charge is -2.02. The van der Waals surface area contributed by atoms with Crippen molar-refractivity contribution < 1.29 is 19.2 Å². The molecule has 126 valence electrons. The Hall–Kier alpha value is -3.00. The van der Waals surface area contributed by atoms with Crippen molar-refractivity contribution in [3.8, 4) is 5.75 Å². The van der Waals surface area contributed by atoms with Crippen LogP contribution in [0.5, 0.6) is 5.75 Å². The van der Waals surface area contributed by atoms with Crippen molar-refractivity contribution in [1.29, 1.82) is 0 Å². The van der Waals surface area contributed by atoms with Gasteiger partial charge in [-0.05, 0) is 35.9 Å². The Morgan fingerprint density at radius 1 is 1.28 bits per heavy atom. The van der Waals surface area contributed by atoms with Crippen molar-refractivity contribution in [1.82, 2.24) is 0 Å². The number of carbonyl (C=O) groups excluding carboxylic acids is 1. The zero-order valence-electron chi connectivity index (χ0n) is 12.9. The number of ether oxygens (including phenoxy) is 2. The standard InChI is InChI=1S/C17H11BrN2O5/c1-24-15-6-5-10(8-14(15)20(22)23)7-13-17(21)25-16(19-13)11-3-2-4-12(18)9-11/h2-9H,1H3/b13-7-. The summed E-state index contributed by atoms with van der Waals surface area (Å²) in [6, 6.07) is 11.5. The summed E-state index contributed by atoms with van der Waals surface area (Å²) >= 11 is 3.34. The quantitative estimate of drug-likeness (QED) is 0.336. The fourth-order valence-electron chi connectivity index (χ4n) is 2.25. The molecule has 0 atom stereocenters. The molecule has 1 aliphatic heterocycles. The van der Waals surface area contributed by atoms with Gasteiger partial charge in [-0.1, -0.05) is 28.1 Å². The van der Waals surface area contributed by atoms with Gasteiger partial charge in [0, 0.05) is 16.1 Å². The van der Waals surface area contributed by atoms with E-state index in [0.717, 1.165) is 4.47 Å². The Kier molecular flexibility index (Phi) is 4.62. The van der Waals surface area contributed by atoms with Crippen LogP contribution in [0.15, 0.2) is 57.6 Å². The molecular weight excluding hydrogens is 392 g/mol. The Labute approximate surface area is 150 Å². The molecule has 3 rings (SSSR count). The first kappa shape index (κ1) is 16.8. The lowest BCUT2D eigenvalue weighted by atomic mass is 10.1. The lowest BCUT2D eigenvalue weighted by molar-refractivity contribution is -0.385. The van der Waals surface area contributed by atoms with Crippen LogP contribution < -0.4 is 4.74 Å². The highest BCUT2D eigenvalue weighted by molar-refractivity contribution is 9.10. The normalized spacial score (nSPS) is 15.0. The Morgan fingerprint density at radius 2 is 2.08 bits per heavy atom. The number of hydrogen-bond donors (Lipinski definition) is 0. The Morgan fingerprint density at radius 3 is 2.76 bits per heavy atom. The van der Waals surface area contributed by atoms with Crippen LogP contribution in [0.25, 0.3) is 6.08 Å². The monoisotopic (exact) mass is 402 g/mol. The predicted molar refractivity (Wildman–Crippen MR) is 94.4 cm³/mol. The number of methoxy groups -OCH3 is 1. The molecule has 0 spiro atoms. The van der Waals surface area contributed by atoms with Gasteiger partial charge in [-0.3, -0.25) is 10.1 Å². The molecule has 0 amide bonds. The molecule has 0 radical (unpaired) electrons. The van der Waals surface area contributed by atoms with Gasteiger partial charge in [-0.15, -0.1) is 0 Å². The van der Waals surface area contributed by atoms with Crippen LogP contribution in [-0.2, 0) is 9.53 Å². The van der Waals surface area contributed by atoms with Crippen LogP contribution in [0.3, 0.4) is 0 Å². The first-order valence-electron chi connectivity index (χ1n) is 7.09. The van der Waals surface area contributed by atoms with Gasteiger partial charge in [0.2, 0.25) is 5.90 Å². The molecular formula is C17H11BrN2O5. The maximum Gasteiger partial charge on any atom is 0.363 e. The van der Waals surface area contributed by atoms with E-state index in [9.17, 15) is 14.9 Å². The fourth-order valence-corrected chi connectivity index (χ4v) is 2.65. The zero-order chi connectivity index (χ0) is 18.0. The van der Waals surface area contributed by atoms with E-state index in [4.69, 9.17) is 9.47 Å². The summed E-state index contributed by atoms with van der Waals surface area (Å²) in [6.45, 7) is 0. The highest BCUT2D eigenvalue weighted by Crippen LogP contribution is 2.29. The molecule has 0 N–H and O–H groups in total. The number of benzene rings is 2. The van der Waals surface area contributed by atoms with E-state index in [0.29, 0.717) is 11.1 Å². The van der Waals surface area contributed by atoms with Crippen LogP contribution in [0.4, 0.5) is 5.69 Å². The van der Waals surface area contributed by atoms with Crippen LogP contribution in [0.2, 0.25) is 0 Å². The van der Waals surface area contributed by atoms with E-state index in [1.165, 1.54) is 25.3 Å². The van der Waals surface area contributed by atoms with Gasteiger partial charge in [0.25, 0.3) is 0 Å². The van der Waals surface area contributed by atoms with Gasteiger partial charge in [0.05, 0.1) is 12.0 Å². The van der Waals surface area contributed by atoms with E-state index in [1.54, 1.807) is 24.3 Å². The molecule has 0 bridgehead atoms. The Balaban J connectivity index is 1.97. The number of nitro groups is 1. The first-order valence-corrected chi connectivity index (χ1v) is 7.88. The molecule has 0 saturated carbocycles. The van der Waals surface area contributed by atoms with Gasteiger partial charge in [0.1, 0.15) is 0 Å². The molecule has 7 nitrogen and oxygen atoms in total. The summed E-state index contributed by atoms with van der Waals surface area (Å²) in [5, 5.41) is 11.1. The van der Waals surface area contributed by atoms with Crippen molar-refractivity contribution in [2.24, 2.45) is 4.99 Å². The molecule has 1 aliphatic rings. The van der Waals surface area contributed by atoms with Crippen molar-refractivity contribution in [2.45, 2.75) is 0 Å². The second kappa shape index (κ2) is 6.86. The maximum atomic E-state index is 12.0. The van der Waals surface area contributed by atoms with E-state index in [-0.39, 0.29) is 23.0 Å². The number of nitrogens with zero attached hydrogens (tertiary/aromatic N) is 2. The van der Waals surface area contributed by atoms with Gasteiger partial charge in [-0.2, -0.15) is 0 Å². The number of cyclic esters (lactones) is 1. The van der Waals surface area contributed by atoms with Gasteiger partial charge in [-0.25, -0.2) is 9.79 Å². The maximum absolute atomic E-state index is 12.0. The van der Waals surface area contributed by atoms with E-state index < -0.39 is 10.9 Å². The smallest absolute Gasteiger partial charge is 0.363 e. The minimum atomic E-state index is -0.617. The topological polar surface area (TPSA) is 91.0 Å². The number of nitro benzene ring substituents is 1. The van der Waals surface area contributed by atoms with Crippen molar-refractivity contribution >= 4 is 39.6 Å². The van der Waals surface area contributed by atoms with E-state index in [2.05, 4.69) is 20.9 Å². The number of halogens is 1. The third kappa shape index (κ3) is 3.58. The Bertz CT molecular complexity index is 936. The highest BCUT2D eigenvalue weighted by Gasteiger charge is 2.24. The summed E-state index contributed by atoms with van der Waals surface area (Å²) in [5.41, 5.74) is 0.958. The predicted octanol–water partition coefficient (Wildman–Crippen LogP) is 3.71. The minimum Gasteiger partial charge on any atom is -0.490 e. The minimum absolute atomic E-state index is 0.0643. The average molecular weight is 403 g/mol. The molecule has 0 unspecified atom stereocenters. The number of rotatable bonds is 4. The zero-order valence-corrected chi connectivity index (χ0v) is 14.5. The molecule has 0 saturated heterocycles. The second-order valence-corrected chi connectivity index (χ2v) is 5.95.